The fraction of sp³-hybridized carbons (Fsp3) is 0.350. The number of benzene rings is 1. The Bertz CT molecular complexity index is 956. The number of hydrogen-bond donors (Lipinski definition) is 1. The summed E-state index contributed by atoms with van der Waals surface area (Å²) in [5.41, 5.74) is 4.94. The van der Waals surface area contributed by atoms with Gasteiger partial charge >= 0.3 is 0 Å². The number of nitrogens with one attached hydrogen (secondary N) is 1. The summed E-state index contributed by atoms with van der Waals surface area (Å²) in [6.45, 7) is 6.71. The van der Waals surface area contributed by atoms with E-state index >= 15 is 0 Å². The summed E-state index contributed by atoms with van der Waals surface area (Å²) in [6, 6.07) is 11.5. The van der Waals surface area contributed by atoms with E-state index in [1.54, 1.807) is 12.3 Å². The molecule has 0 unspecified atom stereocenters. The number of imidazole rings is 1. The molecule has 0 saturated carbocycles. The van der Waals surface area contributed by atoms with Crippen molar-refractivity contribution >= 4 is 11.3 Å². The van der Waals surface area contributed by atoms with Crippen molar-refractivity contribution < 1.29 is 4.92 Å². The minimum Gasteiger partial charge on any atom is -0.315 e. The maximum Gasteiger partial charge on any atom is 0.286 e. The highest BCUT2D eigenvalue weighted by Crippen LogP contribution is 2.27. The van der Waals surface area contributed by atoms with Crippen molar-refractivity contribution in [2.75, 3.05) is 26.2 Å². The molecule has 4 rings (SSSR count). The Morgan fingerprint density at radius 1 is 1.15 bits per heavy atom. The first-order valence-corrected chi connectivity index (χ1v) is 9.27. The van der Waals surface area contributed by atoms with E-state index in [2.05, 4.69) is 41.4 Å². The molecular weight excluding hydrogens is 342 g/mol. The third-order valence-electron chi connectivity index (χ3n) is 5.04. The number of aryl methyl sites for hydroxylation is 1. The Hall–Kier alpha value is -2.77. The highest BCUT2D eigenvalue weighted by atomic mass is 16.6. The molecule has 1 aliphatic rings. The van der Waals surface area contributed by atoms with Crippen LogP contribution >= 0.6 is 0 Å². The summed E-state index contributed by atoms with van der Waals surface area (Å²) in [7, 11) is 0. The van der Waals surface area contributed by atoms with Crippen LogP contribution in [0.25, 0.3) is 16.9 Å². The summed E-state index contributed by atoms with van der Waals surface area (Å²) >= 11 is 0. The maximum atomic E-state index is 11.3. The van der Waals surface area contributed by atoms with Crippen LogP contribution in [-0.4, -0.2) is 45.4 Å². The SMILES string of the molecule is Cc1ccc(-c2nc3ccc([N+](=O)[O-])cn3c2CN2CCCNCC2)cc1. The van der Waals surface area contributed by atoms with Gasteiger partial charge in [0, 0.05) is 31.3 Å². The van der Waals surface area contributed by atoms with Gasteiger partial charge < -0.3 is 5.32 Å². The lowest BCUT2D eigenvalue weighted by atomic mass is 10.1. The normalized spacial score (nSPS) is 15.7. The van der Waals surface area contributed by atoms with E-state index in [0.717, 1.165) is 55.2 Å². The molecule has 27 heavy (non-hydrogen) atoms. The fourth-order valence-electron chi connectivity index (χ4n) is 3.56. The van der Waals surface area contributed by atoms with Crippen molar-refractivity contribution in [3.63, 3.8) is 0 Å². The predicted octanol–water partition coefficient (Wildman–Crippen LogP) is 3.01. The van der Waals surface area contributed by atoms with Gasteiger partial charge in [-0.3, -0.25) is 19.4 Å². The molecule has 7 nitrogen and oxygen atoms in total. The molecule has 0 spiro atoms. The Balaban J connectivity index is 1.82. The molecule has 0 aliphatic carbocycles. The van der Waals surface area contributed by atoms with Crippen molar-refractivity contribution in [2.45, 2.75) is 19.9 Å². The van der Waals surface area contributed by atoms with E-state index < -0.39 is 0 Å². The predicted molar refractivity (Wildman–Crippen MR) is 105 cm³/mol. The molecule has 1 saturated heterocycles. The summed E-state index contributed by atoms with van der Waals surface area (Å²) in [5, 5.41) is 14.7. The summed E-state index contributed by atoms with van der Waals surface area (Å²) in [5.74, 6) is 0. The topological polar surface area (TPSA) is 75.7 Å². The first-order chi connectivity index (χ1) is 13.1. The number of hydrogen-bond acceptors (Lipinski definition) is 5. The number of nitrogens with zero attached hydrogens (tertiary/aromatic N) is 4. The van der Waals surface area contributed by atoms with Crippen LogP contribution in [0.4, 0.5) is 5.69 Å². The second kappa shape index (κ2) is 7.46. The average molecular weight is 365 g/mol. The number of pyridine rings is 1. The van der Waals surface area contributed by atoms with Crippen LogP contribution in [0.2, 0.25) is 0 Å². The minimum absolute atomic E-state index is 0.0779. The molecule has 1 fully saturated rings. The third kappa shape index (κ3) is 3.70. The molecule has 7 heteroatoms. The van der Waals surface area contributed by atoms with Crippen LogP contribution in [0.1, 0.15) is 17.7 Å². The van der Waals surface area contributed by atoms with E-state index in [9.17, 15) is 10.1 Å². The highest BCUT2D eigenvalue weighted by Gasteiger charge is 2.20. The van der Waals surface area contributed by atoms with Crippen molar-refractivity contribution in [3.05, 3.63) is 64.0 Å². The quantitative estimate of drug-likeness (QED) is 0.568. The zero-order valence-corrected chi connectivity index (χ0v) is 15.4. The standard InChI is InChI=1S/C20H23N5O2/c1-15-3-5-16(6-4-15)20-18(14-23-11-2-9-21-10-12-23)24-13-17(25(26)27)7-8-19(24)22-20/h3-8,13,21H,2,9-12,14H2,1H3. The first-order valence-electron chi connectivity index (χ1n) is 9.27. The molecule has 0 bridgehead atoms. The van der Waals surface area contributed by atoms with Gasteiger partial charge in [-0.05, 0) is 32.5 Å². The van der Waals surface area contributed by atoms with Gasteiger partial charge in [-0.2, -0.15) is 0 Å². The van der Waals surface area contributed by atoms with E-state index in [-0.39, 0.29) is 10.6 Å². The molecule has 3 heterocycles. The molecule has 0 amide bonds. The zero-order valence-electron chi connectivity index (χ0n) is 15.4. The van der Waals surface area contributed by atoms with Crippen molar-refractivity contribution in [2.24, 2.45) is 0 Å². The van der Waals surface area contributed by atoms with Gasteiger partial charge in [0.2, 0.25) is 0 Å². The van der Waals surface area contributed by atoms with Crippen LogP contribution in [0.15, 0.2) is 42.6 Å². The van der Waals surface area contributed by atoms with Crippen LogP contribution in [0.5, 0.6) is 0 Å². The van der Waals surface area contributed by atoms with Gasteiger partial charge in [0.15, 0.2) is 0 Å². The smallest absolute Gasteiger partial charge is 0.286 e. The number of nitro groups is 1. The van der Waals surface area contributed by atoms with Gasteiger partial charge in [-0.15, -0.1) is 0 Å². The minimum atomic E-state index is -0.357. The van der Waals surface area contributed by atoms with E-state index in [0.29, 0.717) is 6.54 Å². The van der Waals surface area contributed by atoms with Gasteiger partial charge in [0.25, 0.3) is 5.69 Å². The Labute approximate surface area is 157 Å². The van der Waals surface area contributed by atoms with E-state index in [1.165, 1.54) is 11.6 Å². The van der Waals surface area contributed by atoms with Crippen molar-refractivity contribution in [1.82, 2.24) is 19.6 Å². The Morgan fingerprint density at radius 2 is 1.96 bits per heavy atom. The molecule has 2 aromatic heterocycles. The van der Waals surface area contributed by atoms with E-state index in [4.69, 9.17) is 4.98 Å². The lowest BCUT2D eigenvalue weighted by Crippen LogP contribution is -2.28. The zero-order chi connectivity index (χ0) is 18.8. The highest BCUT2D eigenvalue weighted by molar-refractivity contribution is 5.67. The maximum absolute atomic E-state index is 11.3. The fourth-order valence-corrected chi connectivity index (χ4v) is 3.56. The molecule has 0 radical (unpaired) electrons. The van der Waals surface area contributed by atoms with Crippen molar-refractivity contribution in [3.8, 4) is 11.3 Å². The van der Waals surface area contributed by atoms with Gasteiger partial charge in [-0.1, -0.05) is 29.8 Å². The van der Waals surface area contributed by atoms with Gasteiger partial charge in [-0.25, -0.2) is 4.98 Å². The average Bonchev–Trinajstić information content (AvgIpc) is 2.83. The molecule has 1 aromatic carbocycles. The molecular formula is C20H23N5O2. The molecule has 0 atom stereocenters. The number of rotatable bonds is 4. The van der Waals surface area contributed by atoms with Gasteiger partial charge in [0.1, 0.15) is 5.65 Å². The lowest BCUT2D eigenvalue weighted by molar-refractivity contribution is -0.385. The number of fused-ring (bicyclic) bond motifs is 1. The van der Waals surface area contributed by atoms with Crippen LogP contribution < -0.4 is 5.32 Å². The second-order valence-electron chi connectivity index (χ2n) is 7.03. The second-order valence-corrected chi connectivity index (χ2v) is 7.03. The number of aromatic nitrogens is 2. The Morgan fingerprint density at radius 3 is 2.74 bits per heavy atom. The molecule has 140 valence electrons. The van der Waals surface area contributed by atoms with Crippen LogP contribution in [0.3, 0.4) is 0 Å². The molecule has 3 aromatic rings. The first kappa shape index (κ1) is 17.6. The van der Waals surface area contributed by atoms with Crippen LogP contribution in [0, 0.1) is 17.0 Å². The van der Waals surface area contributed by atoms with Gasteiger partial charge in [0.05, 0.1) is 22.5 Å². The van der Waals surface area contributed by atoms with Crippen molar-refractivity contribution in [1.29, 1.82) is 0 Å². The molecule has 1 aliphatic heterocycles. The van der Waals surface area contributed by atoms with Crippen LogP contribution in [-0.2, 0) is 6.54 Å². The summed E-state index contributed by atoms with van der Waals surface area (Å²) in [6.07, 6.45) is 2.68. The summed E-state index contributed by atoms with van der Waals surface area (Å²) in [4.78, 5) is 18.1. The Kier molecular flexibility index (Phi) is 4.87. The summed E-state index contributed by atoms with van der Waals surface area (Å²) < 4.78 is 1.88. The molecule has 1 N–H and O–H groups in total. The largest absolute Gasteiger partial charge is 0.315 e. The third-order valence-corrected chi connectivity index (χ3v) is 5.04. The lowest BCUT2D eigenvalue weighted by Gasteiger charge is -2.20. The van der Waals surface area contributed by atoms with E-state index in [1.807, 2.05) is 4.40 Å². The monoisotopic (exact) mass is 365 g/mol.